The lowest BCUT2D eigenvalue weighted by Crippen LogP contribution is -2.29. The average Bonchev–Trinajstić information content (AvgIpc) is 2.38. The van der Waals surface area contributed by atoms with E-state index < -0.39 is 5.97 Å². The van der Waals surface area contributed by atoms with Crippen LogP contribution in [0.15, 0.2) is 24.3 Å². The molecule has 0 atom stereocenters. The monoisotopic (exact) mass is 248 g/mol. The minimum Gasteiger partial charge on any atom is -0.480 e. The van der Waals surface area contributed by atoms with E-state index in [1.807, 2.05) is 18.2 Å². The molecule has 4 heteroatoms. The van der Waals surface area contributed by atoms with Gasteiger partial charge in [0.25, 0.3) is 0 Å². The van der Waals surface area contributed by atoms with Gasteiger partial charge in [-0.1, -0.05) is 18.6 Å². The summed E-state index contributed by atoms with van der Waals surface area (Å²) in [5.74, 6) is -0.837. The molecular formula is C14H20N2O2. The second-order valence-electron chi connectivity index (χ2n) is 4.78. The molecule has 0 aromatic heterocycles. The quantitative estimate of drug-likeness (QED) is 0.838. The molecule has 1 aliphatic rings. The summed E-state index contributed by atoms with van der Waals surface area (Å²) >= 11 is 0. The fourth-order valence-electron chi connectivity index (χ4n) is 2.33. The van der Waals surface area contributed by atoms with Crippen molar-refractivity contribution in [3.05, 3.63) is 29.8 Å². The van der Waals surface area contributed by atoms with E-state index in [0.717, 1.165) is 12.2 Å². The van der Waals surface area contributed by atoms with E-state index in [1.54, 1.807) is 0 Å². The maximum atomic E-state index is 10.5. The molecule has 0 bridgehead atoms. The molecule has 0 amide bonds. The minimum absolute atomic E-state index is 0.0346. The van der Waals surface area contributed by atoms with Crippen LogP contribution in [-0.2, 0) is 11.3 Å². The summed E-state index contributed by atoms with van der Waals surface area (Å²) in [6, 6.07) is 8.02. The lowest BCUT2D eigenvalue weighted by Gasteiger charge is -2.26. The highest BCUT2D eigenvalue weighted by molar-refractivity contribution is 5.72. The molecule has 4 nitrogen and oxygen atoms in total. The summed E-state index contributed by atoms with van der Waals surface area (Å²) in [5, 5.41) is 11.5. The van der Waals surface area contributed by atoms with Crippen LogP contribution < -0.4 is 5.32 Å². The molecule has 0 unspecified atom stereocenters. The zero-order valence-corrected chi connectivity index (χ0v) is 10.6. The number of nitrogens with one attached hydrogen (secondary N) is 1. The number of hydrogen-bond donors (Lipinski definition) is 2. The minimum atomic E-state index is -0.837. The van der Waals surface area contributed by atoms with E-state index in [2.05, 4.69) is 16.3 Å². The highest BCUT2D eigenvalue weighted by atomic mass is 16.4. The van der Waals surface area contributed by atoms with Crippen LogP contribution in [0.1, 0.15) is 24.8 Å². The molecule has 0 radical (unpaired) electrons. The van der Waals surface area contributed by atoms with Gasteiger partial charge in [-0.15, -0.1) is 0 Å². The summed E-state index contributed by atoms with van der Waals surface area (Å²) in [4.78, 5) is 13.0. The number of rotatable bonds is 5. The number of aliphatic carboxylic acids is 1. The van der Waals surface area contributed by atoms with Crippen LogP contribution in [0, 0.1) is 0 Å². The maximum absolute atomic E-state index is 10.5. The molecular weight excluding hydrogens is 228 g/mol. The van der Waals surface area contributed by atoms with Crippen molar-refractivity contribution in [1.82, 2.24) is 4.90 Å². The first-order chi connectivity index (χ1) is 8.74. The fourth-order valence-corrected chi connectivity index (χ4v) is 2.33. The van der Waals surface area contributed by atoms with Gasteiger partial charge in [0, 0.05) is 12.2 Å². The van der Waals surface area contributed by atoms with Crippen molar-refractivity contribution in [2.24, 2.45) is 0 Å². The Morgan fingerprint density at radius 2 is 2.06 bits per heavy atom. The molecule has 1 aromatic carbocycles. The average molecular weight is 248 g/mol. The van der Waals surface area contributed by atoms with E-state index in [1.165, 1.54) is 37.9 Å². The van der Waals surface area contributed by atoms with Crippen molar-refractivity contribution in [3.63, 3.8) is 0 Å². The van der Waals surface area contributed by atoms with Gasteiger partial charge >= 0.3 is 5.97 Å². The van der Waals surface area contributed by atoms with Crippen molar-refractivity contribution in [2.75, 3.05) is 25.0 Å². The largest absolute Gasteiger partial charge is 0.480 e. The molecule has 1 fully saturated rings. The van der Waals surface area contributed by atoms with Gasteiger partial charge < -0.3 is 10.4 Å². The Morgan fingerprint density at radius 1 is 1.28 bits per heavy atom. The number of carbonyl (C=O) groups is 1. The first-order valence-electron chi connectivity index (χ1n) is 6.51. The predicted octanol–water partition coefficient (Wildman–Crippen LogP) is 2.17. The zero-order chi connectivity index (χ0) is 12.8. The summed E-state index contributed by atoms with van der Waals surface area (Å²) in [6.45, 7) is 3.27. The molecule has 1 saturated heterocycles. The van der Waals surface area contributed by atoms with Crippen molar-refractivity contribution in [1.29, 1.82) is 0 Å². The van der Waals surface area contributed by atoms with Gasteiger partial charge in [-0.05, 0) is 43.6 Å². The number of carboxylic acid groups (broad SMARTS) is 1. The van der Waals surface area contributed by atoms with E-state index in [0.29, 0.717) is 0 Å². The second kappa shape index (κ2) is 6.40. The third-order valence-electron chi connectivity index (χ3n) is 3.23. The lowest BCUT2D eigenvalue weighted by atomic mass is 10.1. The Labute approximate surface area is 108 Å². The second-order valence-corrected chi connectivity index (χ2v) is 4.78. The van der Waals surface area contributed by atoms with Gasteiger partial charge in [0.05, 0.1) is 0 Å². The standard InChI is InChI=1S/C14H20N2O2/c17-14(18)10-15-13-6-4-5-12(9-13)11-16-7-2-1-3-8-16/h4-6,9,15H,1-3,7-8,10-11H2,(H,17,18). The van der Waals surface area contributed by atoms with Crippen molar-refractivity contribution in [3.8, 4) is 0 Å². The molecule has 1 aliphatic heterocycles. The van der Waals surface area contributed by atoms with Gasteiger partial charge in [-0.25, -0.2) is 0 Å². The van der Waals surface area contributed by atoms with Crippen LogP contribution in [0.5, 0.6) is 0 Å². The molecule has 0 aliphatic carbocycles. The van der Waals surface area contributed by atoms with E-state index in [9.17, 15) is 4.79 Å². The van der Waals surface area contributed by atoms with Gasteiger partial charge in [-0.2, -0.15) is 0 Å². The topological polar surface area (TPSA) is 52.6 Å². The molecule has 98 valence electrons. The van der Waals surface area contributed by atoms with E-state index >= 15 is 0 Å². The highest BCUT2D eigenvalue weighted by Crippen LogP contribution is 2.15. The Hall–Kier alpha value is -1.55. The van der Waals surface area contributed by atoms with Crippen LogP contribution in [0.25, 0.3) is 0 Å². The Balaban J connectivity index is 1.91. The van der Waals surface area contributed by atoms with Crippen LogP contribution in [0.4, 0.5) is 5.69 Å². The number of anilines is 1. The van der Waals surface area contributed by atoms with Gasteiger partial charge in [-0.3, -0.25) is 9.69 Å². The van der Waals surface area contributed by atoms with Crippen LogP contribution in [0.2, 0.25) is 0 Å². The third kappa shape index (κ3) is 4.04. The van der Waals surface area contributed by atoms with Crippen LogP contribution in [-0.4, -0.2) is 35.6 Å². The maximum Gasteiger partial charge on any atom is 0.322 e. The van der Waals surface area contributed by atoms with Gasteiger partial charge in [0.1, 0.15) is 6.54 Å². The number of nitrogens with zero attached hydrogens (tertiary/aromatic N) is 1. The third-order valence-corrected chi connectivity index (χ3v) is 3.23. The number of benzene rings is 1. The van der Waals surface area contributed by atoms with E-state index in [-0.39, 0.29) is 6.54 Å². The predicted molar refractivity (Wildman–Crippen MR) is 71.7 cm³/mol. The number of likely N-dealkylation sites (tertiary alicyclic amines) is 1. The first-order valence-corrected chi connectivity index (χ1v) is 6.51. The van der Waals surface area contributed by atoms with Crippen molar-refractivity contribution < 1.29 is 9.90 Å². The summed E-state index contributed by atoms with van der Waals surface area (Å²) in [5.41, 5.74) is 2.12. The summed E-state index contributed by atoms with van der Waals surface area (Å²) in [6.07, 6.45) is 3.92. The zero-order valence-electron chi connectivity index (χ0n) is 10.6. The fraction of sp³-hybridized carbons (Fsp3) is 0.500. The molecule has 0 spiro atoms. The normalized spacial score (nSPS) is 16.4. The Morgan fingerprint density at radius 3 is 2.78 bits per heavy atom. The smallest absolute Gasteiger partial charge is 0.322 e. The van der Waals surface area contributed by atoms with Crippen molar-refractivity contribution >= 4 is 11.7 Å². The summed E-state index contributed by atoms with van der Waals surface area (Å²) < 4.78 is 0. The van der Waals surface area contributed by atoms with Gasteiger partial charge in [0.15, 0.2) is 0 Å². The van der Waals surface area contributed by atoms with Crippen LogP contribution >= 0.6 is 0 Å². The lowest BCUT2D eigenvalue weighted by molar-refractivity contribution is -0.134. The Kier molecular flexibility index (Phi) is 4.59. The number of carboxylic acids is 1. The summed E-state index contributed by atoms with van der Waals surface area (Å²) in [7, 11) is 0. The molecule has 18 heavy (non-hydrogen) atoms. The van der Waals surface area contributed by atoms with Crippen LogP contribution in [0.3, 0.4) is 0 Å². The first kappa shape index (κ1) is 12.9. The van der Waals surface area contributed by atoms with E-state index in [4.69, 9.17) is 5.11 Å². The highest BCUT2D eigenvalue weighted by Gasteiger charge is 2.10. The van der Waals surface area contributed by atoms with Crippen molar-refractivity contribution in [2.45, 2.75) is 25.8 Å². The number of hydrogen-bond acceptors (Lipinski definition) is 3. The molecule has 1 heterocycles. The SMILES string of the molecule is O=C(O)CNc1cccc(CN2CCCCC2)c1. The Bertz CT molecular complexity index is 401. The molecule has 0 saturated carbocycles. The molecule has 2 rings (SSSR count). The molecule has 2 N–H and O–H groups in total. The number of piperidine rings is 1. The van der Waals surface area contributed by atoms with Gasteiger partial charge in [0.2, 0.25) is 0 Å². The molecule has 1 aromatic rings.